The SMILES string of the molecule is N#Cc1cc(Br)cc(NCC2(N)CCC2)c1. The van der Waals surface area contributed by atoms with Crippen LogP contribution in [0.5, 0.6) is 0 Å². The molecule has 0 spiro atoms. The summed E-state index contributed by atoms with van der Waals surface area (Å²) >= 11 is 3.38. The van der Waals surface area contributed by atoms with E-state index in [0.717, 1.165) is 29.5 Å². The number of nitrogens with zero attached hydrogens (tertiary/aromatic N) is 1. The molecule has 4 heteroatoms. The number of nitrogens with one attached hydrogen (secondary N) is 1. The highest BCUT2D eigenvalue weighted by Crippen LogP contribution is 2.29. The van der Waals surface area contributed by atoms with Crippen molar-refractivity contribution < 1.29 is 0 Å². The fourth-order valence-corrected chi connectivity index (χ4v) is 2.34. The topological polar surface area (TPSA) is 61.8 Å². The van der Waals surface area contributed by atoms with Gasteiger partial charge in [-0.25, -0.2) is 0 Å². The normalized spacial score (nSPS) is 17.3. The summed E-state index contributed by atoms with van der Waals surface area (Å²) in [6, 6.07) is 7.73. The molecule has 84 valence electrons. The lowest BCUT2D eigenvalue weighted by Crippen LogP contribution is -2.51. The fourth-order valence-electron chi connectivity index (χ4n) is 1.84. The van der Waals surface area contributed by atoms with Gasteiger partial charge < -0.3 is 11.1 Å². The van der Waals surface area contributed by atoms with Gasteiger partial charge in [-0.15, -0.1) is 0 Å². The summed E-state index contributed by atoms with van der Waals surface area (Å²) in [5.74, 6) is 0. The molecule has 1 aromatic carbocycles. The second kappa shape index (κ2) is 4.44. The summed E-state index contributed by atoms with van der Waals surface area (Å²) in [6.07, 6.45) is 3.39. The van der Waals surface area contributed by atoms with Crippen LogP contribution in [-0.4, -0.2) is 12.1 Å². The number of hydrogen-bond donors (Lipinski definition) is 2. The van der Waals surface area contributed by atoms with Crippen LogP contribution in [0.2, 0.25) is 0 Å². The maximum absolute atomic E-state index is 8.85. The van der Waals surface area contributed by atoms with Gasteiger partial charge in [-0.1, -0.05) is 15.9 Å². The lowest BCUT2D eigenvalue weighted by atomic mass is 9.78. The highest BCUT2D eigenvalue weighted by Gasteiger charge is 2.31. The number of nitriles is 1. The smallest absolute Gasteiger partial charge is 0.0992 e. The Hall–Kier alpha value is -1.05. The third kappa shape index (κ3) is 2.55. The minimum atomic E-state index is -0.0465. The first kappa shape index (κ1) is 11.4. The quantitative estimate of drug-likeness (QED) is 0.894. The van der Waals surface area contributed by atoms with Gasteiger partial charge in [0.15, 0.2) is 0 Å². The lowest BCUT2D eigenvalue weighted by molar-refractivity contribution is 0.265. The summed E-state index contributed by atoms with van der Waals surface area (Å²) < 4.78 is 0.911. The maximum atomic E-state index is 8.85. The largest absolute Gasteiger partial charge is 0.383 e. The molecule has 0 aliphatic heterocycles. The van der Waals surface area contributed by atoms with Gasteiger partial charge in [-0.05, 0) is 37.5 Å². The predicted octanol–water partition coefficient (Wildman–Crippen LogP) is 2.61. The number of halogens is 1. The van der Waals surface area contributed by atoms with Crippen molar-refractivity contribution in [2.45, 2.75) is 24.8 Å². The van der Waals surface area contributed by atoms with Crippen LogP contribution in [0.4, 0.5) is 5.69 Å². The van der Waals surface area contributed by atoms with Gasteiger partial charge in [0.1, 0.15) is 0 Å². The Balaban J connectivity index is 2.04. The Morgan fingerprint density at radius 1 is 1.44 bits per heavy atom. The number of rotatable bonds is 3. The lowest BCUT2D eigenvalue weighted by Gasteiger charge is -2.38. The summed E-state index contributed by atoms with van der Waals surface area (Å²) in [4.78, 5) is 0. The zero-order valence-corrected chi connectivity index (χ0v) is 10.5. The van der Waals surface area contributed by atoms with E-state index in [0.29, 0.717) is 5.56 Å². The molecular formula is C12H14BrN3. The Kier molecular flexibility index (Phi) is 3.17. The van der Waals surface area contributed by atoms with E-state index in [-0.39, 0.29) is 5.54 Å². The highest BCUT2D eigenvalue weighted by molar-refractivity contribution is 9.10. The van der Waals surface area contributed by atoms with Crippen molar-refractivity contribution in [2.24, 2.45) is 5.73 Å². The van der Waals surface area contributed by atoms with Crippen LogP contribution in [0.1, 0.15) is 24.8 Å². The molecule has 0 amide bonds. The molecule has 0 atom stereocenters. The second-order valence-electron chi connectivity index (χ2n) is 4.41. The van der Waals surface area contributed by atoms with E-state index in [1.54, 1.807) is 6.07 Å². The minimum Gasteiger partial charge on any atom is -0.383 e. The molecule has 1 aromatic rings. The third-order valence-electron chi connectivity index (χ3n) is 3.02. The summed E-state index contributed by atoms with van der Waals surface area (Å²) in [7, 11) is 0. The van der Waals surface area contributed by atoms with E-state index >= 15 is 0 Å². The van der Waals surface area contributed by atoms with E-state index in [1.807, 2.05) is 12.1 Å². The molecule has 3 N–H and O–H groups in total. The van der Waals surface area contributed by atoms with E-state index in [2.05, 4.69) is 27.3 Å². The molecule has 1 saturated carbocycles. The molecule has 0 unspecified atom stereocenters. The summed E-state index contributed by atoms with van der Waals surface area (Å²) in [5.41, 5.74) is 7.67. The molecule has 1 fully saturated rings. The second-order valence-corrected chi connectivity index (χ2v) is 5.33. The number of nitrogens with two attached hydrogens (primary N) is 1. The van der Waals surface area contributed by atoms with Gasteiger partial charge in [-0.3, -0.25) is 0 Å². The van der Waals surface area contributed by atoms with Crippen molar-refractivity contribution in [1.82, 2.24) is 0 Å². The molecule has 0 bridgehead atoms. The monoisotopic (exact) mass is 279 g/mol. The van der Waals surface area contributed by atoms with Crippen molar-refractivity contribution in [2.75, 3.05) is 11.9 Å². The fraction of sp³-hybridized carbons (Fsp3) is 0.417. The first-order chi connectivity index (χ1) is 7.61. The molecular weight excluding hydrogens is 266 g/mol. The van der Waals surface area contributed by atoms with Crippen LogP contribution in [0.25, 0.3) is 0 Å². The number of anilines is 1. The van der Waals surface area contributed by atoms with Crippen molar-refractivity contribution in [3.05, 3.63) is 28.2 Å². The van der Waals surface area contributed by atoms with Gasteiger partial charge in [0.25, 0.3) is 0 Å². The molecule has 0 radical (unpaired) electrons. The molecule has 1 aliphatic carbocycles. The van der Waals surface area contributed by atoms with Gasteiger partial charge in [0.05, 0.1) is 11.6 Å². The van der Waals surface area contributed by atoms with E-state index in [4.69, 9.17) is 11.0 Å². The maximum Gasteiger partial charge on any atom is 0.0992 e. The van der Waals surface area contributed by atoms with Crippen LogP contribution >= 0.6 is 15.9 Å². The van der Waals surface area contributed by atoms with Crippen molar-refractivity contribution in [1.29, 1.82) is 5.26 Å². The molecule has 0 saturated heterocycles. The van der Waals surface area contributed by atoms with E-state index in [1.165, 1.54) is 6.42 Å². The summed E-state index contributed by atoms with van der Waals surface area (Å²) in [6.45, 7) is 0.772. The Bertz CT molecular complexity index is 432. The van der Waals surface area contributed by atoms with Crippen molar-refractivity contribution >= 4 is 21.6 Å². The van der Waals surface area contributed by atoms with Crippen molar-refractivity contribution in [3.63, 3.8) is 0 Å². The van der Waals surface area contributed by atoms with Gasteiger partial charge in [0, 0.05) is 22.2 Å². The van der Waals surface area contributed by atoms with E-state index in [9.17, 15) is 0 Å². The number of benzene rings is 1. The number of hydrogen-bond acceptors (Lipinski definition) is 3. The van der Waals surface area contributed by atoms with Crippen LogP contribution in [0.15, 0.2) is 22.7 Å². The molecule has 2 rings (SSSR count). The molecule has 1 aliphatic rings. The Morgan fingerprint density at radius 2 is 2.19 bits per heavy atom. The van der Waals surface area contributed by atoms with Gasteiger partial charge >= 0.3 is 0 Å². The average molecular weight is 280 g/mol. The highest BCUT2D eigenvalue weighted by atomic mass is 79.9. The zero-order chi connectivity index (χ0) is 11.6. The zero-order valence-electron chi connectivity index (χ0n) is 8.96. The standard InChI is InChI=1S/C12H14BrN3/c13-10-4-9(7-14)5-11(6-10)16-8-12(15)2-1-3-12/h4-6,16H,1-3,8,15H2. The van der Waals surface area contributed by atoms with Gasteiger partial charge in [-0.2, -0.15) is 5.26 Å². The first-order valence-electron chi connectivity index (χ1n) is 5.35. The summed E-state index contributed by atoms with van der Waals surface area (Å²) in [5, 5.41) is 12.1. The first-order valence-corrected chi connectivity index (χ1v) is 6.14. The van der Waals surface area contributed by atoms with Crippen LogP contribution in [-0.2, 0) is 0 Å². The molecule has 0 aromatic heterocycles. The molecule has 3 nitrogen and oxygen atoms in total. The van der Waals surface area contributed by atoms with Crippen LogP contribution in [0, 0.1) is 11.3 Å². The van der Waals surface area contributed by atoms with Crippen LogP contribution < -0.4 is 11.1 Å². The van der Waals surface area contributed by atoms with Crippen molar-refractivity contribution in [3.8, 4) is 6.07 Å². The predicted molar refractivity (Wildman–Crippen MR) is 68.1 cm³/mol. The Morgan fingerprint density at radius 3 is 2.75 bits per heavy atom. The van der Waals surface area contributed by atoms with Gasteiger partial charge in [0.2, 0.25) is 0 Å². The average Bonchev–Trinajstić information content (AvgIpc) is 2.23. The third-order valence-corrected chi connectivity index (χ3v) is 3.48. The minimum absolute atomic E-state index is 0.0465. The molecule has 0 heterocycles. The van der Waals surface area contributed by atoms with E-state index < -0.39 is 0 Å². The molecule has 16 heavy (non-hydrogen) atoms. The Labute approximate surface area is 104 Å². The van der Waals surface area contributed by atoms with Crippen LogP contribution in [0.3, 0.4) is 0 Å².